The van der Waals surface area contributed by atoms with Crippen molar-refractivity contribution in [2.75, 3.05) is 62.4 Å². The average molecular weight is 457 g/mol. The quantitative estimate of drug-likeness (QED) is 0.429. The van der Waals surface area contributed by atoms with Gasteiger partial charge < -0.3 is 19.3 Å². The molecule has 2 fully saturated rings. The first-order valence-corrected chi connectivity index (χ1v) is 11.5. The molecule has 2 aliphatic rings. The highest BCUT2D eigenvalue weighted by Gasteiger charge is 2.17. The van der Waals surface area contributed by atoms with E-state index in [1.54, 1.807) is 36.7 Å². The van der Waals surface area contributed by atoms with Gasteiger partial charge >= 0.3 is 0 Å². The van der Waals surface area contributed by atoms with Crippen LogP contribution in [0.4, 0.5) is 11.6 Å². The number of anilines is 2. The number of ketones is 1. The monoisotopic (exact) mass is 456 g/mol. The van der Waals surface area contributed by atoms with Crippen molar-refractivity contribution >= 4 is 39.5 Å². The molecule has 0 radical (unpaired) electrons. The molecule has 0 amide bonds. The Hall–Kier alpha value is -3.69. The minimum atomic E-state index is -0.0816. The normalized spacial score (nSPS) is 16.8. The number of carbonyl (C=O) groups is 1. The van der Waals surface area contributed by atoms with Gasteiger partial charge in [0.25, 0.3) is 0 Å². The molecule has 0 spiro atoms. The Kier molecular flexibility index (Phi) is 5.48. The molecule has 0 bridgehead atoms. The van der Waals surface area contributed by atoms with E-state index >= 15 is 0 Å². The molecular formula is C25H24N6O3. The summed E-state index contributed by atoms with van der Waals surface area (Å²) in [6.45, 7) is 5.97. The SMILES string of the molecule is O=C(c1ccc2nc(N3CCOCC3)cnc2c1)c1ccc2nc(N3CCOCC3)cnc2c1. The van der Waals surface area contributed by atoms with Crippen molar-refractivity contribution in [1.29, 1.82) is 0 Å². The standard InChI is InChI=1S/C25H24N6O3/c32-25(17-1-3-19-21(13-17)26-15-23(28-19)30-5-9-33-10-6-30)18-2-4-20-22(14-18)27-16-24(29-20)31-7-11-34-12-8-31/h1-4,13-16H,5-12H2. The van der Waals surface area contributed by atoms with Gasteiger partial charge in [-0.25, -0.2) is 9.97 Å². The Morgan fingerprint density at radius 3 is 1.53 bits per heavy atom. The number of ether oxygens (including phenoxy) is 2. The van der Waals surface area contributed by atoms with E-state index in [1.807, 2.05) is 12.1 Å². The van der Waals surface area contributed by atoms with Crippen LogP contribution in [0.3, 0.4) is 0 Å². The lowest BCUT2D eigenvalue weighted by Gasteiger charge is -2.27. The van der Waals surface area contributed by atoms with Gasteiger partial charge in [0.2, 0.25) is 0 Å². The molecule has 9 nitrogen and oxygen atoms in total. The summed E-state index contributed by atoms with van der Waals surface area (Å²) in [5, 5.41) is 0. The molecule has 4 heterocycles. The van der Waals surface area contributed by atoms with Gasteiger partial charge in [0, 0.05) is 37.3 Å². The molecule has 0 aliphatic carbocycles. The summed E-state index contributed by atoms with van der Waals surface area (Å²) in [5.74, 6) is 1.58. The van der Waals surface area contributed by atoms with Crippen molar-refractivity contribution < 1.29 is 14.3 Å². The third-order valence-corrected chi connectivity index (χ3v) is 6.25. The van der Waals surface area contributed by atoms with Crippen LogP contribution < -0.4 is 9.80 Å². The van der Waals surface area contributed by atoms with Crippen molar-refractivity contribution in [3.63, 3.8) is 0 Å². The maximum atomic E-state index is 13.2. The van der Waals surface area contributed by atoms with Gasteiger partial charge in [0.15, 0.2) is 5.78 Å². The lowest BCUT2D eigenvalue weighted by atomic mass is 10.0. The number of rotatable bonds is 4. The van der Waals surface area contributed by atoms with Gasteiger partial charge in [-0.1, -0.05) is 0 Å². The average Bonchev–Trinajstić information content (AvgIpc) is 2.92. The molecule has 0 N–H and O–H groups in total. The topological polar surface area (TPSA) is 93.6 Å². The summed E-state index contributed by atoms with van der Waals surface area (Å²) >= 11 is 0. The zero-order chi connectivity index (χ0) is 22.9. The van der Waals surface area contributed by atoms with Crippen LogP contribution in [0.15, 0.2) is 48.8 Å². The third kappa shape index (κ3) is 4.04. The van der Waals surface area contributed by atoms with Crippen molar-refractivity contribution in [2.45, 2.75) is 0 Å². The summed E-state index contributed by atoms with van der Waals surface area (Å²) in [6, 6.07) is 10.9. The molecule has 2 aromatic heterocycles. The molecule has 2 aromatic carbocycles. The van der Waals surface area contributed by atoms with Gasteiger partial charge in [0.1, 0.15) is 11.6 Å². The number of fused-ring (bicyclic) bond motifs is 2. The van der Waals surface area contributed by atoms with E-state index in [1.165, 1.54) is 0 Å². The van der Waals surface area contributed by atoms with E-state index in [-0.39, 0.29) is 5.78 Å². The molecular weight excluding hydrogens is 432 g/mol. The predicted molar refractivity (Wildman–Crippen MR) is 129 cm³/mol. The molecule has 2 saturated heterocycles. The smallest absolute Gasteiger partial charge is 0.193 e. The van der Waals surface area contributed by atoms with Gasteiger partial charge in [-0.3, -0.25) is 14.8 Å². The van der Waals surface area contributed by atoms with E-state index in [4.69, 9.17) is 19.4 Å². The highest BCUT2D eigenvalue weighted by Crippen LogP contribution is 2.22. The zero-order valence-electron chi connectivity index (χ0n) is 18.7. The van der Waals surface area contributed by atoms with Crippen LogP contribution in [0, 0.1) is 0 Å². The van der Waals surface area contributed by atoms with E-state index in [0.717, 1.165) is 48.8 Å². The Morgan fingerprint density at radius 2 is 1.09 bits per heavy atom. The third-order valence-electron chi connectivity index (χ3n) is 6.25. The summed E-state index contributed by atoms with van der Waals surface area (Å²) in [6.07, 6.45) is 3.53. The fourth-order valence-electron chi connectivity index (χ4n) is 4.34. The van der Waals surface area contributed by atoms with Crippen LogP contribution in [-0.2, 0) is 9.47 Å². The molecule has 0 unspecified atom stereocenters. The summed E-state index contributed by atoms with van der Waals surface area (Å²) in [5.41, 5.74) is 4.05. The summed E-state index contributed by atoms with van der Waals surface area (Å²) < 4.78 is 10.8. The molecule has 0 atom stereocenters. The second kappa shape index (κ2) is 8.92. The Labute approximate surface area is 196 Å². The van der Waals surface area contributed by atoms with Crippen LogP contribution in [0.2, 0.25) is 0 Å². The molecule has 34 heavy (non-hydrogen) atoms. The number of benzene rings is 2. The van der Waals surface area contributed by atoms with Crippen LogP contribution in [0.25, 0.3) is 22.1 Å². The summed E-state index contributed by atoms with van der Waals surface area (Å²) in [4.78, 5) is 36.1. The predicted octanol–water partition coefficient (Wildman–Crippen LogP) is 2.48. The van der Waals surface area contributed by atoms with Crippen LogP contribution in [0.5, 0.6) is 0 Å². The van der Waals surface area contributed by atoms with Gasteiger partial charge in [0.05, 0.1) is 60.9 Å². The Bertz CT molecular complexity index is 1260. The number of nitrogens with zero attached hydrogens (tertiary/aromatic N) is 6. The first-order chi connectivity index (χ1) is 16.7. The van der Waals surface area contributed by atoms with Gasteiger partial charge in [-0.2, -0.15) is 0 Å². The van der Waals surface area contributed by atoms with Crippen molar-refractivity contribution in [1.82, 2.24) is 19.9 Å². The highest BCUT2D eigenvalue weighted by molar-refractivity contribution is 6.11. The molecule has 6 rings (SSSR count). The van der Waals surface area contributed by atoms with E-state index in [0.29, 0.717) is 48.6 Å². The minimum Gasteiger partial charge on any atom is -0.378 e. The van der Waals surface area contributed by atoms with E-state index in [9.17, 15) is 4.79 Å². The van der Waals surface area contributed by atoms with Gasteiger partial charge in [-0.15, -0.1) is 0 Å². The van der Waals surface area contributed by atoms with Crippen molar-refractivity contribution in [2.24, 2.45) is 0 Å². The largest absolute Gasteiger partial charge is 0.378 e. The minimum absolute atomic E-state index is 0.0816. The summed E-state index contributed by atoms with van der Waals surface area (Å²) in [7, 11) is 0. The van der Waals surface area contributed by atoms with Crippen molar-refractivity contribution in [3.8, 4) is 0 Å². The van der Waals surface area contributed by atoms with Crippen LogP contribution in [0.1, 0.15) is 15.9 Å². The first kappa shape index (κ1) is 20.9. The fraction of sp³-hybridized carbons (Fsp3) is 0.320. The maximum absolute atomic E-state index is 13.2. The highest BCUT2D eigenvalue weighted by atomic mass is 16.5. The number of hydrogen-bond donors (Lipinski definition) is 0. The van der Waals surface area contributed by atoms with Gasteiger partial charge in [-0.05, 0) is 36.4 Å². The van der Waals surface area contributed by atoms with E-state index in [2.05, 4.69) is 19.8 Å². The number of morpholine rings is 2. The van der Waals surface area contributed by atoms with Crippen molar-refractivity contribution in [3.05, 3.63) is 59.9 Å². The number of aromatic nitrogens is 4. The lowest BCUT2D eigenvalue weighted by Crippen LogP contribution is -2.36. The first-order valence-electron chi connectivity index (χ1n) is 11.5. The van der Waals surface area contributed by atoms with Crippen LogP contribution in [-0.4, -0.2) is 78.3 Å². The Morgan fingerprint density at radius 1 is 0.647 bits per heavy atom. The fourth-order valence-corrected chi connectivity index (χ4v) is 4.34. The molecule has 9 heteroatoms. The Balaban J connectivity index is 1.25. The lowest BCUT2D eigenvalue weighted by molar-refractivity contribution is 0.103. The second-order valence-corrected chi connectivity index (χ2v) is 8.39. The van der Waals surface area contributed by atoms with E-state index < -0.39 is 0 Å². The molecule has 2 aliphatic heterocycles. The molecule has 172 valence electrons. The maximum Gasteiger partial charge on any atom is 0.193 e. The number of hydrogen-bond acceptors (Lipinski definition) is 9. The van der Waals surface area contributed by atoms with Crippen LogP contribution >= 0.6 is 0 Å². The second-order valence-electron chi connectivity index (χ2n) is 8.39. The molecule has 4 aromatic rings. The number of carbonyl (C=O) groups excluding carboxylic acids is 1. The zero-order valence-corrected chi connectivity index (χ0v) is 18.7. The molecule has 0 saturated carbocycles.